The predicted octanol–water partition coefficient (Wildman–Crippen LogP) is 1.52. The monoisotopic (exact) mass is 145 g/mol. The van der Waals surface area contributed by atoms with E-state index in [-0.39, 0.29) is 0 Å². The Hall–Kier alpha value is -0.570. The molecule has 0 fully saturated rings. The van der Waals surface area contributed by atoms with Gasteiger partial charge in [0.2, 0.25) is 6.29 Å². The fourth-order valence-corrected chi connectivity index (χ4v) is 0.290. The summed E-state index contributed by atoms with van der Waals surface area (Å²) in [4.78, 5) is 4.69. The zero-order chi connectivity index (χ0) is 7.98. The van der Waals surface area contributed by atoms with Gasteiger partial charge >= 0.3 is 0 Å². The van der Waals surface area contributed by atoms with Crippen LogP contribution in [-0.4, -0.2) is 17.1 Å². The summed E-state index contributed by atoms with van der Waals surface area (Å²) in [5.41, 5.74) is 0.896. The first kappa shape index (κ1) is 9.43. The van der Waals surface area contributed by atoms with Crippen molar-refractivity contribution < 1.29 is 9.94 Å². The Morgan fingerprint density at radius 2 is 2.20 bits per heavy atom. The molecule has 0 aliphatic rings. The largest absolute Gasteiger partial charge is 0.364 e. The van der Waals surface area contributed by atoms with E-state index in [2.05, 4.69) is 9.99 Å². The normalized spacial score (nSPS) is 15.0. The first-order valence-corrected chi connectivity index (χ1v) is 3.58. The standard InChI is InChI=1S/C7H15NO2/c1-4-6(3)8-10-7(9)5-2/h7,9H,4-5H2,1-3H3. The highest BCUT2D eigenvalue weighted by Crippen LogP contribution is 1.94. The zero-order valence-corrected chi connectivity index (χ0v) is 6.79. The van der Waals surface area contributed by atoms with Gasteiger partial charge in [-0.1, -0.05) is 19.0 Å². The van der Waals surface area contributed by atoms with Crippen LogP contribution in [0.1, 0.15) is 33.6 Å². The Morgan fingerprint density at radius 3 is 2.60 bits per heavy atom. The molecule has 1 atom stereocenters. The number of aliphatic hydroxyl groups excluding tert-OH is 1. The van der Waals surface area contributed by atoms with Crippen molar-refractivity contribution in [2.45, 2.75) is 39.9 Å². The summed E-state index contributed by atoms with van der Waals surface area (Å²) in [5, 5.41) is 12.6. The molecular formula is C7H15NO2. The van der Waals surface area contributed by atoms with E-state index in [1.54, 1.807) is 0 Å². The average molecular weight is 145 g/mol. The Morgan fingerprint density at radius 1 is 1.60 bits per heavy atom. The molecule has 0 rings (SSSR count). The minimum atomic E-state index is -0.749. The Labute approximate surface area is 61.7 Å². The molecule has 3 nitrogen and oxygen atoms in total. The van der Waals surface area contributed by atoms with Crippen molar-refractivity contribution in [1.82, 2.24) is 0 Å². The maximum absolute atomic E-state index is 8.87. The van der Waals surface area contributed by atoms with Gasteiger partial charge in [0.15, 0.2) is 0 Å². The van der Waals surface area contributed by atoms with E-state index in [1.165, 1.54) is 0 Å². The molecule has 1 unspecified atom stereocenters. The van der Waals surface area contributed by atoms with Crippen LogP contribution in [0.3, 0.4) is 0 Å². The molecule has 3 heteroatoms. The first-order valence-electron chi connectivity index (χ1n) is 3.58. The van der Waals surface area contributed by atoms with Crippen molar-refractivity contribution >= 4 is 5.71 Å². The second kappa shape index (κ2) is 5.23. The van der Waals surface area contributed by atoms with Crippen molar-refractivity contribution in [1.29, 1.82) is 0 Å². The van der Waals surface area contributed by atoms with Crippen LogP contribution in [0.25, 0.3) is 0 Å². The van der Waals surface area contributed by atoms with E-state index in [0.29, 0.717) is 6.42 Å². The van der Waals surface area contributed by atoms with Crippen molar-refractivity contribution in [2.75, 3.05) is 0 Å². The highest BCUT2D eigenvalue weighted by Gasteiger charge is 1.97. The number of aliphatic hydroxyl groups is 1. The second-order valence-corrected chi connectivity index (χ2v) is 2.15. The predicted molar refractivity (Wildman–Crippen MR) is 40.8 cm³/mol. The lowest BCUT2D eigenvalue weighted by molar-refractivity contribution is -0.0991. The molecule has 0 spiro atoms. The summed E-state index contributed by atoms with van der Waals surface area (Å²) < 4.78 is 0. The molecule has 0 aliphatic heterocycles. The molecule has 0 amide bonds. The maximum atomic E-state index is 8.87. The van der Waals surface area contributed by atoms with Gasteiger partial charge in [-0.3, -0.25) is 0 Å². The van der Waals surface area contributed by atoms with Gasteiger partial charge in [0, 0.05) is 6.42 Å². The summed E-state index contributed by atoms with van der Waals surface area (Å²) >= 11 is 0. The molecule has 60 valence electrons. The summed E-state index contributed by atoms with van der Waals surface area (Å²) in [6, 6.07) is 0. The molecule has 0 heterocycles. The zero-order valence-electron chi connectivity index (χ0n) is 6.79. The van der Waals surface area contributed by atoms with Crippen LogP contribution < -0.4 is 0 Å². The van der Waals surface area contributed by atoms with E-state index in [1.807, 2.05) is 20.8 Å². The maximum Gasteiger partial charge on any atom is 0.224 e. The molecular weight excluding hydrogens is 130 g/mol. The highest BCUT2D eigenvalue weighted by atomic mass is 16.7. The second-order valence-electron chi connectivity index (χ2n) is 2.15. The topological polar surface area (TPSA) is 41.8 Å². The molecule has 0 aromatic rings. The molecule has 0 aliphatic carbocycles. The Balaban J connectivity index is 3.50. The van der Waals surface area contributed by atoms with Crippen molar-refractivity contribution in [3.05, 3.63) is 0 Å². The summed E-state index contributed by atoms with van der Waals surface area (Å²) in [5.74, 6) is 0. The number of oxime groups is 1. The third kappa shape index (κ3) is 4.32. The molecule has 0 aromatic heterocycles. The summed E-state index contributed by atoms with van der Waals surface area (Å²) in [7, 11) is 0. The highest BCUT2D eigenvalue weighted by molar-refractivity contribution is 5.80. The first-order chi connectivity index (χ1) is 4.70. The molecule has 0 aromatic carbocycles. The van der Waals surface area contributed by atoms with E-state index < -0.39 is 6.29 Å². The molecule has 1 N–H and O–H groups in total. The van der Waals surface area contributed by atoms with Crippen LogP contribution in [0, 0.1) is 0 Å². The van der Waals surface area contributed by atoms with Gasteiger partial charge in [-0.25, -0.2) is 0 Å². The third-order valence-corrected chi connectivity index (χ3v) is 1.19. The lowest BCUT2D eigenvalue weighted by atomic mass is 10.3. The minimum Gasteiger partial charge on any atom is -0.364 e. The Kier molecular flexibility index (Phi) is 4.94. The van der Waals surface area contributed by atoms with Crippen LogP contribution in [0.2, 0.25) is 0 Å². The fourth-order valence-electron chi connectivity index (χ4n) is 0.290. The number of hydrogen-bond donors (Lipinski definition) is 1. The van der Waals surface area contributed by atoms with Gasteiger partial charge in [-0.15, -0.1) is 0 Å². The smallest absolute Gasteiger partial charge is 0.224 e. The fraction of sp³-hybridized carbons (Fsp3) is 0.857. The third-order valence-electron chi connectivity index (χ3n) is 1.19. The molecule has 10 heavy (non-hydrogen) atoms. The number of rotatable bonds is 4. The van der Waals surface area contributed by atoms with Gasteiger partial charge in [0.05, 0.1) is 5.71 Å². The van der Waals surface area contributed by atoms with E-state index >= 15 is 0 Å². The molecule has 0 saturated heterocycles. The van der Waals surface area contributed by atoms with Gasteiger partial charge in [-0.05, 0) is 13.3 Å². The van der Waals surface area contributed by atoms with Gasteiger partial charge < -0.3 is 9.94 Å². The van der Waals surface area contributed by atoms with Gasteiger partial charge in [-0.2, -0.15) is 0 Å². The van der Waals surface area contributed by atoms with Crippen LogP contribution in [-0.2, 0) is 4.84 Å². The van der Waals surface area contributed by atoms with Gasteiger partial charge in [0.25, 0.3) is 0 Å². The quantitative estimate of drug-likeness (QED) is 0.370. The SMILES string of the molecule is CCC(C)=NOC(O)CC. The van der Waals surface area contributed by atoms with Crippen LogP contribution >= 0.6 is 0 Å². The van der Waals surface area contributed by atoms with Gasteiger partial charge in [0.1, 0.15) is 0 Å². The minimum absolute atomic E-state index is 0.570. The molecule has 0 saturated carbocycles. The number of hydrogen-bond acceptors (Lipinski definition) is 3. The van der Waals surface area contributed by atoms with Crippen molar-refractivity contribution in [3.8, 4) is 0 Å². The molecule has 0 bridgehead atoms. The van der Waals surface area contributed by atoms with E-state index in [9.17, 15) is 0 Å². The van der Waals surface area contributed by atoms with Crippen LogP contribution in [0.15, 0.2) is 5.16 Å². The van der Waals surface area contributed by atoms with Crippen molar-refractivity contribution in [3.63, 3.8) is 0 Å². The van der Waals surface area contributed by atoms with Crippen LogP contribution in [0.5, 0.6) is 0 Å². The van der Waals surface area contributed by atoms with E-state index in [4.69, 9.17) is 5.11 Å². The summed E-state index contributed by atoms with van der Waals surface area (Å²) in [6.07, 6.45) is 0.679. The lowest BCUT2D eigenvalue weighted by Crippen LogP contribution is -2.06. The number of nitrogens with zero attached hydrogens (tertiary/aromatic N) is 1. The van der Waals surface area contributed by atoms with Crippen LogP contribution in [0.4, 0.5) is 0 Å². The lowest BCUT2D eigenvalue weighted by Gasteiger charge is -2.04. The Bertz CT molecular complexity index is 112. The summed E-state index contributed by atoms with van der Waals surface area (Å²) in [6.45, 7) is 5.68. The molecule has 0 radical (unpaired) electrons. The van der Waals surface area contributed by atoms with Crippen molar-refractivity contribution in [2.24, 2.45) is 5.16 Å². The van der Waals surface area contributed by atoms with E-state index in [0.717, 1.165) is 12.1 Å². The average Bonchev–Trinajstić information content (AvgIpc) is 1.99.